The minimum Gasteiger partial charge on any atom is -0.292 e. The summed E-state index contributed by atoms with van der Waals surface area (Å²) in [5.74, 6) is -0.180. The fraction of sp³-hybridized carbons (Fsp3) is 0.136. The van der Waals surface area contributed by atoms with Crippen molar-refractivity contribution in [2.75, 3.05) is 0 Å². The Morgan fingerprint density at radius 3 is 1.96 bits per heavy atom. The van der Waals surface area contributed by atoms with Crippen LogP contribution in [0.1, 0.15) is 27.5 Å². The predicted molar refractivity (Wildman–Crippen MR) is 104 cm³/mol. The van der Waals surface area contributed by atoms with E-state index in [-0.39, 0.29) is 10.7 Å². The number of carbonyl (C=O) groups is 1. The van der Waals surface area contributed by atoms with Gasteiger partial charge in [0.15, 0.2) is 5.78 Å². The first-order chi connectivity index (χ1) is 13.0. The molecule has 1 fully saturated rings. The van der Waals surface area contributed by atoms with Crippen molar-refractivity contribution < 1.29 is 13.2 Å². The van der Waals surface area contributed by atoms with Crippen molar-refractivity contribution in [3.05, 3.63) is 102 Å². The van der Waals surface area contributed by atoms with Crippen LogP contribution in [0.2, 0.25) is 0 Å². The Morgan fingerprint density at radius 2 is 1.37 bits per heavy atom. The zero-order valence-electron chi connectivity index (χ0n) is 14.8. The van der Waals surface area contributed by atoms with Gasteiger partial charge in [-0.2, -0.15) is 4.31 Å². The van der Waals surface area contributed by atoms with E-state index in [4.69, 9.17) is 0 Å². The standard InChI is InChI=1S/C22H19NO3S/c1-16-12-14-19(15-13-16)27(25,26)23-20(17-8-4-2-5-9-17)21(23)22(24)18-10-6-3-7-11-18/h2-15,20-21H,1H3/t20-,21-,23?/m0/s1. The van der Waals surface area contributed by atoms with Crippen LogP contribution in [0.25, 0.3) is 0 Å². The molecule has 3 atom stereocenters. The van der Waals surface area contributed by atoms with Crippen LogP contribution in [0.4, 0.5) is 0 Å². The average Bonchev–Trinajstić information content (AvgIpc) is 3.46. The topological polar surface area (TPSA) is 54.2 Å². The van der Waals surface area contributed by atoms with E-state index in [0.717, 1.165) is 11.1 Å². The van der Waals surface area contributed by atoms with Gasteiger partial charge in [-0.1, -0.05) is 78.4 Å². The molecule has 1 heterocycles. The van der Waals surface area contributed by atoms with E-state index in [9.17, 15) is 13.2 Å². The smallest absolute Gasteiger partial charge is 0.244 e. The van der Waals surface area contributed by atoms with Crippen molar-refractivity contribution >= 4 is 15.8 Å². The van der Waals surface area contributed by atoms with Gasteiger partial charge < -0.3 is 0 Å². The van der Waals surface area contributed by atoms with Crippen LogP contribution in [0, 0.1) is 6.92 Å². The molecule has 1 aliphatic rings. The van der Waals surface area contributed by atoms with E-state index in [1.165, 1.54) is 4.31 Å². The summed E-state index contributed by atoms with van der Waals surface area (Å²) < 4.78 is 27.7. The maximum absolute atomic E-state index is 13.2. The van der Waals surface area contributed by atoms with Crippen LogP contribution in [0.15, 0.2) is 89.8 Å². The Balaban J connectivity index is 1.75. The molecular formula is C22H19NO3S. The summed E-state index contributed by atoms with van der Waals surface area (Å²) in [6.07, 6.45) is 0. The number of rotatable bonds is 5. The summed E-state index contributed by atoms with van der Waals surface area (Å²) in [5, 5.41) is 0. The molecule has 4 rings (SSSR count). The molecule has 0 aromatic heterocycles. The summed E-state index contributed by atoms with van der Waals surface area (Å²) in [6, 6.07) is 23.7. The van der Waals surface area contributed by atoms with E-state index in [1.807, 2.05) is 43.3 Å². The molecule has 0 bridgehead atoms. The maximum Gasteiger partial charge on any atom is 0.244 e. The molecule has 0 aliphatic carbocycles. The molecule has 5 heteroatoms. The number of ketones is 1. The SMILES string of the molecule is Cc1ccc(S(=O)(=O)N2[C@H](C(=O)c3ccccc3)[C@@H]2c2ccccc2)cc1. The number of sulfonamides is 1. The molecule has 3 aromatic carbocycles. The molecule has 0 amide bonds. The Morgan fingerprint density at radius 1 is 0.815 bits per heavy atom. The molecule has 0 saturated carbocycles. The molecule has 3 aromatic rings. The number of hydrogen-bond donors (Lipinski definition) is 0. The van der Waals surface area contributed by atoms with Crippen LogP contribution >= 0.6 is 0 Å². The molecule has 1 saturated heterocycles. The van der Waals surface area contributed by atoms with E-state index in [0.29, 0.717) is 5.56 Å². The summed E-state index contributed by atoms with van der Waals surface area (Å²) in [5.41, 5.74) is 2.32. The number of nitrogens with zero attached hydrogens (tertiary/aromatic N) is 1. The van der Waals surface area contributed by atoms with E-state index in [1.54, 1.807) is 48.5 Å². The fourth-order valence-corrected chi connectivity index (χ4v) is 5.07. The first-order valence-electron chi connectivity index (χ1n) is 8.74. The predicted octanol–water partition coefficient (Wildman–Crippen LogP) is 3.99. The van der Waals surface area contributed by atoms with Gasteiger partial charge in [0.25, 0.3) is 0 Å². The third kappa shape index (κ3) is 3.20. The summed E-state index contributed by atoms with van der Waals surface area (Å²) in [4.78, 5) is 13.2. The van der Waals surface area contributed by atoms with E-state index < -0.39 is 22.1 Å². The zero-order valence-corrected chi connectivity index (χ0v) is 15.6. The highest BCUT2D eigenvalue weighted by Crippen LogP contribution is 2.48. The van der Waals surface area contributed by atoms with Crippen molar-refractivity contribution in [1.82, 2.24) is 4.31 Å². The van der Waals surface area contributed by atoms with Crippen molar-refractivity contribution in [3.63, 3.8) is 0 Å². The van der Waals surface area contributed by atoms with Crippen LogP contribution in [-0.4, -0.2) is 24.5 Å². The zero-order chi connectivity index (χ0) is 19.0. The summed E-state index contributed by atoms with van der Waals surface area (Å²) >= 11 is 0. The van der Waals surface area contributed by atoms with Gasteiger partial charge in [-0.25, -0.2) is 8.42 Å². The molecule has 0 radical (unpaired) electrons. The Kier molecular flexibility index (Phi) is 4.42. The number of Topliss-reactive ketones (excluding diaryl/α,β-unsaturated/α-hetero) is 1. The second kappa shape index (κ2) is 6.76. The van der Waals surface area contributed by atoms with Crippen LogP contribution in [0.5, 0.6) is 0 Å². The molecular weight excluding hydrogens is 358 g/mol. The van der Waals surface area contributed by atoms with Crippen molar-refractivity contribution in [3.8, 4) is 0 Å². The van der Waals surface area contributed by atoms with Crippen LogP contribution in [0.3, 0.4) is 0 Å². The minimum atomic E-state index is -3.77. The monoisotopic (exact) mass is 377 g/mol. The molecule has 1 aliphatic heterocycles. The largest absolute Gasteiger partial charge is 0.292 e. The molecule has 0 spiro atoms. The highest BCUT2D eigenvalue weighted by molar-refractivity contribution is 7.89. The first-order valence-corrected chi connectivity index (χ1v) is 10.2. The molecule has 136 valence electrons. The summed E-state index contributed by atoms with van der Waals surface area (Å²) in [7, 11) is -3.77. The van der Waals surface area contributed by atoms with Gasteiger partial charge in [0.2, 0.25) is 10.0 Å². The number of aryl methyl sites for hydroxylation is 1. The minimum absolute atomic E-state index is 0.180. The molecule has 1 unspecified atom stereocenters. The Bertz CT molecular complexity index is 1060. The Hall–Kier alpha value is -2.76. The Labute approximate surface area is 159 Å². The lowest BCUT2D eigenvalue weighted by Crippen LogP contribution is -2.19. The molecule has 0 N–H and O–H groups in total. The van der Waals surface area contributed by atoms with Crippen molar-refractivity contribution in [2.24, 2.45) is 0 Å². The van der Waals surface area contributed by atoms with Gasteiger partial charge in [0, 0.05) is 5.56 Å². The van der Waals surface area contributed by atoms with Gasteiger partial charge in [-0.15, -0.1) is 0 Å². The molecule has 4 nitrogen and oxygen atoms in total. The van der Waals surface area contributed by atoms with Crippen LogP contribution in [-0.2, 0) is 10.0 Å². The van der Waals surface area contributed by atoms with Crippen molar-refractivity contribution in [2.45, 2.75) is 23.9 Å². The maximum atomic E-state index is 13.2. The van der Waals surface area contributed by atoms with Gasteiger partial charge in [0.05, 0.1) is 10.9 Å². The highest BCUT2D eigenvalue weighted by Gasteiger charge is 2.60. The second-order valence-corrected chi connectivity index (χ2v) is 8.52. The van der Waals surface area contributed by atoms with Gasteiger partial charge >= 0.3 is 0 Å². The van der Waals surface area contributed by atoms with Crippen LogP contribution < -0.4 is 0 Å². The molecule has 27 heavy (non-hydrogen) atoms. The third-order valence-electron chi connectivity index (χ3n) is 4.82. The third-order valence-corrected chi connectivity index (χ3v) is 6.70. The second-order valence-electron chi connectivity index (χ2n) is 6.68. The fourth-order valence-electron chi connectivity index (χ4n) is 3.35. The lowest BCUT2D eigenvalue weighted by molar-refractivity contribution is 0.0981. The first kappa shape index (κ1) is 17.6. The lowest BCUT2D eigenvalue weighted by Gasteiger charge is -2.07. The van der Waals surface area contributed by atoms with Crippen molar-refractivity contribution in [1.29, 1.82) is 0 Å². The van der Waals surface area contributed by atoms with Gasteiger partial charge in [-0.05, 0) is 24.6 Å². The lowest BCUT2D eigenvalue weighted by atomic mass is 10.0. The van der Waals surface area contributed by atoms with E-state index >= 15 is 0 Å². The van der Waals surface area contributed by atoms with Gasteiger partial charge in [0.1, 0.15) is 6.04 Å². The van der Waals surface area contributed by atoms with Gasteiger partial charge in [-0.3, -0.25) is 4.79 Å². The average molecular weight is 377 g/mol. The highest BCUT2D eigenvalue weighted by atomic mass is 32.2. The number of benzene rings is 3. The normalized spacial score (nSPS) is 21.6. The van der Waals surface area contributed by atoms with E-state index in [2.05, 4.69) is 0 Å². The summed E-state index contributed by atoms with van der Waals surface area (Å²) in [6.45, 7) is 1.91. The number of hydrogen-bond acceptors (Lipinski definition) is 3. The number of carbonyl (C=O) groups excluding carboxylic acids is 1. The quantitative estimate of drug-likeness (QED) is 0.499.